The first-order chi connectivity index (χ1) is 16.4. The van der Waals surface area contributed by atoms with Gasteiger partial charge >= 0.3 is 0 Å². The summed E-state index contributed by atoms with van der Waals surface area (Å²) in [7, 11) is -1.89. The largest absolute Gasteiger partial charge is 0.112 e. The van der Waals surface area contributed by atoms with Gasteiger partial charge in [0.2, 0.25) is 0 Å². The minimum Gasteiger partial charge on any atom is -0.0620 e. The van der Waals surface area contributed by atoms with Crippen LogP contribution in [0.4, 0.5) is 0 Å². The van der Waals surface area contributed by atoms with Gasteiger partial charge in [0, 0.05) is 10.8 Å². The van der Waals surface area contributed by atoms with Gasteiger partial charge in [-0.2, -0.15) is 0 Å². The Balaban J connectivity index is 1.46. The maximum absolute atomic E-state index is 2.55. The molecule has 0 N–H and O–H groups in total. The highest BCUT2D eigenvalue weighted by Gasteiger charge is 2.39. The second-order valence-corrected chi connectivity index (χ2v) is 16.9. The minimum atomic E-state index is -1.89. The molecule has 0 aromatic heterocycles. The Morgan fingerprint density at radius 3 is 1.14 bits per heavy atom. The Hall–Kier alpha value is -2.90. The Morgan fingerprint density at radius 2 is 0.771 bits per heavy atom. The van der Waals surface area contributed by atoms with Crippen molar-refractivity contribution in [3.63, 3.8) is 0 Å². The van der Waals surface area contributed by atoms with Crippen LogP contribution in [-0.2, 0) is 10.8 Å². The Labute approximate surface area is 212 Å². The van der Waals surface area contributed by atoms with Crippen molar-refractivity contribution in [2.24, 2.45) is 0 Å². The van der Waals surface area contributed by atoms with E-state index in [9.17, 15) is 0 Å². The van der Waals surface area contributed by atoms with E-state index in [1.165, 1.54) is 66.0 Å². The highest BCUT2D eigenvalue weighted by atomic mass is 28.3. The second-order valence-electron chi connectivity index (χ2n) is 12.5. The second kappa shape index (κ2) is 7.08. The average molecular weight is 473 g/mol. The van der Waals surface area contributed by atoms with Gasteiger partial charge < -0.3 is 0 Å². The highest BCUT2D eigenvalue weighted by Crippen LogP contribution is 2.50. The minimum absolute atomic E-state index is 0.0383. The summed E-state index contributed by atoms with van der Waals surface area (Å²) in [6.45, 7) is 19.0. The van der Waals surface area contributed by atoms with Crippen LogP contribution in [0, 0.1) is 13.8 Å². The summed E-state index contributed by atoms with van der Waals surface area (Å²) >= 11 is 0. The van der Waals surface area contributed by atoms with E-state index in [-0.39, 0.29) is 10.8 Å². The van der Waals surface area contributed by atoms with Gasteiger partial charge in [-0.1, -0.05) is 135 Å². The molecule has 0 unspecified atom stereocenters. The molecular formula is C34H36Si. The quantitative estimate of drug-likeness (QED) is 0.262. The molecule has 176 valence electrons. The molecule has 0 radical (unpaired) electrons. The highest BCUT2D eigenvalue weighted by molar-refractivity contribution is 7.00. The van der Waals surface area contributed by atoms with Crippen LogP contribution in [0.15, 0.2) is 72.8 Å². The maximum atomic E-state index is 2.55. The molecule has 0 heterocycles. The van der Waals surface area contributed by atoms with Gasteiger partial charge in [0.15, 0.2) is 0 Å². The van der Waals surface area contributed by atoms with Gasteiger partial charge in [0.25, 0.3) is 0 Å². The summed E-state index contributed by atoms with van der Waals surface area (Å²) in [6, 6.07) is 28.7. The van der Waals surface area contributed by atoms with Gasteiger partial charge in [-0.3, -0.25) is 0 Å². The summed E-state index contributed by atoms with van der Waals surface area (Å²) in [5.74, 6) is 0. The van der Waals surface area contributed by atoms with Crippen LogP contribution in [0.1, 0.15) is 61.1 Å². The van der Waals surface area contributed by atoms with Gasteiger partial charge in [0.05, 0.1) is 0 Å². The third kappa shape index (κ3) is 3.04. The molecule has 0 aliphatic heterocycles. The van der Waals surface area contributed by atoms with Crippen molar-refractivity contribution in [1.29, 1.82) is 0 Å². The van der Waals surface area contributed by atoms with E-state index in [1.54, 1.807) is 0 Å². The van der Waals surface area contributed by atoms with E-state index in [0.717, 1.165) is 0 Å². The summed E-state index contributed by atoms with van der Waals surface area (Å²) < 4.78 is 0. The molecule has 0 amide bonds. The van der Waals surface area contributed by atoms with E-state index in [0.29, 0.717) is 0 Å². The molecule has 4 aromatic carbocycles. The molecule has 35 heavy (non-hydrogen) atoms. The number of benzene rings is 4. The van der Waals surface area contributed by atoms with Crippen molar-refractivity contribution in [3.8, 4) is 22.3 Å². The number of aryl methyl sites for hydroxylation is 2. The number of hydrogen-bond donors (Lipinski definition) is 0. The molecule has 2 aliphatic rings. The molecule has 0 nitrogen and oxygen atoms in total. The Morgan fingerprint density at radius 1 is 0.457 bits per heavy atom. The van der Waals surface area contributed by atoms with Crippen LogP contribution >= 0.6 is 0 Å². The van der Waals surface area contributed by atoms with E-state index in [1.807, 2.05) is 0 Å². The Kier molecular flexibility index (Phi) is 4.56. The first-order valence-electron chi connectivity index (χ1n) is 13.0. The van der Waals surface area contributed by atoms with Crippen molar-refractivity contribution < 1.29 is 0 Å². The van der Waals surface area contributed by atoms with Crippen LogP contribution in [0.5, 0.6) is 0 Å². The normalized spacial score (nSPS) is 16.5. The lowest BCUT2D eigenvalue weighted by Gasteiger charge is -2.29. The molecular weight excluding hydrogens is 436 g/mol. The number of rotatable bonds is 2. The fourth-order valence-electron chi connectivity index (χ4n) is 6.65. The molecule has 0 atom stereocenters. The zero-order chi connectivity index (χ0) is 24.9. The van der Waals surface area contributed by atoms with E-state index in [2.05, 4.69) is 127 Å². The maximum Gasteiger partial charge on any atom is 0.112 e. The molecule has 4 aromatic rings. The standard InChI is InChI=1S/C34H36Si/c1-21-9-13-25-27-15-11-23(19-31(27)33(3,4)29(25)17-21)35(7,8)24-12-16-28-26-14-10-22(2)18-30(26)34(5,6)32(28)20-24/h9-20H,1-8H3. The Bertz CT molecular complexity index is 1420. The third-order valence-electron chi connectivity index (χ3n) is 9.11. The molecule has 6 rings (SSSR count). The molecule has 0 saturated carbocycles. The van der Waals surface area contributed by atoms with Crippen molar-refractivity contribution in [1.82, 2.24) is 0 Å². The first kappa shape index (κ1) is 22.6. The van der Waals surface area contributed by atoms with Crippen LogP contribution in [0.2, 0.25) is 13.1 Å². The van der Waals surface area contributed by atoms with Crippen LogP contribution in [0.25, 0.3) is 22.3 Å². The van der Waals surface area contributed by atoms with Crippen molar-refractivity contribution in [2.75, 3.05) is 0 Å². The predicted octanol–water partition coefficient (Wildman–Crippen LogP) is 7.74. The van der Waals surface area contributed by atoms with Crippen molar-refractivity contribution >= 4 is 18.4 Å². The van der Waals surface area contributed by atoms with Gasteiger partial charge in [-0.25, -0.2) is 0 Å². The van der Waals surface area contributed by atoms with Crippen LogP contribution < -0.4 is 10.4 Å². The average Bonchev–Trinajstić information content (AvgIpc) is 3.17. The lowest BCUT2D eigenvalue weighted by atomic mass is 9.82. The van der Waals surface area contributed by atoms with E-state index in [4.69, 9.17) is 0 Å². The SMILES string of the molecule is Cc1ccc2c(c1)C(C)(C)c1cc([Si](C)(C)c3ccc4c(c3)C(C)(C)c3cc(C)ccc3-4)ccc1-2. The lowest BCUT2D eigenvalue weighted by molar-refractivity contribution is 0.660. The van der Waals surface area contributed by atoms with Crippen LogP contribution in [0.3, 0.4) is 0 Å². The van der Waals surface area contributed by atoms with Crippen LogP contribution in [-0.4, -0.2) is 8.07 Å². The van der Waals surface area contributed by atoms with Crippen molar-refractivity contribution in [3.05, 3.63) is 106 Å². The fourth-order valence-corrected chi connectivity index (χ4v) is 8.99. The number of hydrogen-bond acceptors (Lipinski definition) is 0. The van der Waals surface area contributed by atoms with E-state index < -0.39 is 8.07 Å². The van der Waals surface area contributed by atoms with E-state index >= 15 is 0 Å². The monoisotopic (exact) mass is 472 g/mol. The molecule has 0 fully saturated rings. The summed E-state index contributed by atoms with van der Waals surface area (Å²) in [5, 5.41) is 3.05. The topological polar surface area (TPSA) is 0 Å². The summed E-state index contributed by atoms with van der Waals surface area (Å²) in [6.07, 6.45) is 0. The lowest BCUT2D eigenvalue weighted by Crippen LogP contribution is -2.53. The predicted molar refractivity (Wildman–Crippen MR) is 154 cm³/mol. The zero-order valence-electron chi connectivity index (χ0n) is 22.4. The van der Waals surface area contributed by atoms with Gasteiger partial charge in [-0.15, -0.1) is 0 Å². The zero-order valence-corrected chi connectivity index (χ0v) is 23.4. The smallest absolute Gasteiger partial charge is 0.0620 e. The fraction of sp³-hybridized carbons (Fsp3) is 0.294. The molecule has 0 spiro atoms. The van der Waals surface area contributed by atoms with Crippen molar-refractivity contribution in [2.45, 2.75) is 65.5 Å². The number of fused-ring (bicyclic) bond motifs is 6. The summed E-state index contributed by atoms with van der Waals surface area (Å²) in [4.78, 5) is 0. The van der Waals surface area contributed by atoms with Gasteiger partial charge in [-0.05, 0) is 58.4 Å². The summed E-state index contributed by atoms with van der Waals surface area (Å²) in [5.41, 5.74) is 14.3. The molecule has 0 saturated heterocycles. The molecule has 1 heteroatoms. The molecule has 2 aliphatic carbocycles. The third-order valence-corrected chi connectivity index (χ3v) is 12.6. The first-order valence-corrected chi connectivity index (χ1v) is 16.0. The molecule has 0 bridgehead atoms. The van der Waals surface area contributed by atoms with Gasteiger partial charge in [0.1, 0.15) is 8.07 Å².